The van der Waals surface area contributed by atoms with Crippen LogP contribution >= 0.6 is 11.6 Å². The number of aryl methyl sites for hydroxylation is 1. The highest BCUT2D eigenvalue weighted by molar-refractivity contribution is 7.87. The second kappa shape index (κ2) is 8.99. The molecule has 0 atom stereocenters. The number of rotatable bonds is 4. The Morgan fingerprint density at radius 2 is 1.69 bits per heavy atom. The van der Waals surface area contributed by atoms with Crippen LogP contribution in [0.4, 0.5) is 0 Å². The Hall–Kier alpha value is -3.41. The van der Waals surface area contributed by atoms with E-state index in [0.717, 1.165) is 21.1 Å². The van der Waals surface area contributed by atoms with Crippen LogP contribution in [0.25, 0.3) is 11.1 Å². The zero-order valence-corrected chi connectivity index (χ0v) is 20.3. The lowest BCUT2D eigenvalue weighted by molar-refractivity contribution is 0.0676. The van der Waals surface area contributed by atoms with Crippen molar-refractivity contribution >= 4 is 33.6 Å². The Labute approximate surface area is 207 Å². The Morgan fingerprint density at radius 1 is 0.971 bits per heavy atom. The van der Waals surface area contributed by atoms with Crippen LogP contribution in [-0.4, -0.2) is 74.9 Å². The average molecular weight is 513 g/mol. The molecular formula is C23H21ClN6O4S. The third kappa shape index (κ3) is 4.38. The van der Waals surface area contributed by atoms with Gasteiger partial charge in [-0.2, -0.15) is 12.7 Å². The van der Waals surface area contributed by atoms with E-state index in [4.69, 9.17) is 11.6 Å². The molecule has 0 saturated carbocycles. The smallest absolute Gasteiger partial charge is 0.306 e. The molecule has 2 amide bonds. The minimum absolute atomic E-state index is 0.0397. The predicted molar refractivity (Wildman–Crippen MR) is 128 cm³/mol. The highest BCUT2D eigenvalue weighted by Gasteiger charge is 2.41. The lowest BCUT2D eigenvalue weighted by atomic mass is 10.1. The van der Waals surface area contributed by atoms with Gasteiger partial charge in [-0.3, -0.25) is 14.6 Å². The number of hydrogen-bond acceptors (Lipinski definition) is 7. The number of pyridine rings is 1. The van der Waals surface area contributed by atoms with Gasteiger partial charge in [0.25, 0.3) is 11.8 Å². The van der Waals surface area contributed by atoms with Crippen LogP contribution in [-0.2, 0) is 16.8 Å². The van der Waals surface area contributed by atoms with Crippen LogP contribution < -0.4 is 0 Å². The molecule has 0 spiro atoms. The molecule has 12 heteroatoms. The van der Waals surface area contributed by atoms with Gasteiger partial charge in [0, 0.05) is 66.6 Å². The maximum atomic E-state index is 13.2. The van der Waals surface area contributed by atoms with Crippen LogP contribution in [0.5, 0.6) is 0 Å². The van der Waals surface area contributed by atoms with E-state index in [1.807, 2.05) is 19.1 Å². The average Bonchev–Trinajstić information content (AvgIpc) is 3.20. The lowest BCUT2D eigenvalue weighted by Crippen LogP contribution is -2.54. The highest BCUT2D eigenvalue weighted by Crippen LogP contribution is 2.29. The molecule has 1 aromatic carbocycles. The molecule has 2 aliphatic heterocycles. The monoisotopic (exact) mass is 512 g/mol. The van der Waals surface area contributed by atoms with Crippen molar-refractivity contribution in [1.29, 1.82) is 0 Å². The van der Waals surface area contributed by atoms with E-state index < -0.39 is 16.1 Å². The first-order valence-electron chi connectivity index (χ1n) is 10.9. The third-order valence-electron chi connectivity index (χ3n) is 6.04. The van der Waals surface area contributed by atoms with Crippen molar-refractivity contribution in [2.75, 3.05) is 26.2 Å². The summed E-state index contributed by atoms with van der Waals surface area (Å²) in [7, 11) is -4.05. The summed E-state index contributed by atoms with van der Waals surface area (Å²) >= 11 is 5.98. The van der Waals surface area contributed by atoms with Crippen LogP contribution in [0.3, 0.4) is 0 Å². The molecule has 2 aromatic heterocycles. The molecule has 0 aliphatic carbocycles. The number of aromatic nitrogens is 3. The quantitative estimate of drug-likeness (QED) is 0.525. The van der Waals surface area contributed by atoms with Crippen LogP contribution in [0.15, 0.2) is 48.9 Å². The van der Waals surface area contributed by atoms with Crippen molar-refractivity contribution in [3.05, 3.63) is 76.6 Å². The molecule has 180 valence electrons. The molecule has 1 fully saturated rings. The molecule has 4 heterocycles. The van der Waals surface area contributed by atoms with Crippen molar-refractivity contribution in [3.63, 3.8) is 0 Å². The summed E-state index contributed by atoms with van der Waals surface area (Å²) in [6.45, 7) is 2.26. The number of benzene rings is 1. The maximum absolute atomic E-state index is 13.2. The fourth-order valence-electron chi connectivity index (χ4n) is 4.16. The minimum Gasteiger partial charge on any atom is -0.333 e. The third-order valence-corrected chi connectivity index (χ3v) is 8.15. The van der Waals surface area contributed by atoms with Crippen LogP contribution in [0.1, 0.15) is 32.2 Å². The van der Waals surface area contributed by atoms with Gasteiger partial charge in [0.05, 0.1) is 6.54 Å². The van der Waals surface area contributed by atoms with E-state index in [2.05, 4.69) is 15.0 Å². The Balaban J connectivity index is 1.24. The van der Waals surface area contributed by atoms with E-state index in [-0.39, 0.29) is 44.5 Å². The van der Waals surface area contributed by atoms with E-state index in [1.165, 1.54) is 15.3 Å². The summed E-state index contributed by atoms with van der Waals surface area (Å²) in [6.07, 6.45) is 4.86. The summed E-state index contributed by atoms with van der Waals surface area (Å²) in [5.41, 5.74) is 3.42. The molecular weight excluding hydrogens is 492 g/mol. The van der Waals surface area contributed by atoms with Crippen molar-refractivity contribution in [3.8, 4) is 11.1 Å². The van der Waals surface area contributed by atoms with Gasteiger partial charge in [0.1, 0.15) is 0 Å². The topological polar surface area (TPSA) is 117 Å². The Bertz CT molecular complexity index is 1420. The largest absolute Gasteiger partial charge is 0.333 e. The molecule has 2 aliphatic rings. The second-order valence-corrected chi connectivity index (χ2v) is 10.6. The summed E-state index contributed by atoms with van der Waals surface area (Å²) in [5, 5.41) is 0.439. The Morgan fingerprint density at radius 3 is 2.37 bits per heavy atom. The summed E-state index contributed by atoms with van der Waals surface area (Å²) in [5.74, 6) is -0.912. The summed E-state index contributed by atoms with van der Waals surface area (Å²) in [6, 6.07) is 8.43. The van der Waals surface area contributed by atoms with Crippen molar-refractivity contribution in [1.82, 2.24) is 28.5 Å². The molecule has 1 saturated heterocycles. The number of fused-ring (bicyclic) bond motifs is 1. The molecule has 35 heavy (non-hydrogen) atoms. The molecule has 10 nitrogen and oxygen atoms in total. The normalized spacial score (nSPS) is 16.5. The number of carbonyl (C=O) groups excluding carboxylic acids is 2. The van der Waals surface area contributed by atoms with Gasteiger partial charge in [-0.15, -0.1) is 0 Å². The fourth-order valence-corrected chi connectivity index (χ4v) is 5.87. The van der Waals surface area contributed by atoms with E-state index in [9.17, 15) is 18.0 Å². The minimum atomic E-state index is -4.05. The van der Waals surface area contributed by atoms with E-state index in [1.54, 1.807) is 30.7 Å². The highest BCUT2D eigenvalue weighted by atomic mass is 35.5. The van der Waals surface area contributed by atoms with Gasteiger partial charge >= 0.3 is 10.2 Å². The van der Waals surface area contributed by atoms with E-state index >= 15 is 0 Å². The molecule has 0 radical (unpaired) electrons. The number of nitrogens with zero attached hydrogens (tertiary/aromatic N) is 6. The zero-order valence-electron chi connectivity index (χ0n) is 18.8. The number of amides is 2. The standard InChI is InChI=1S/C23H21ClN6O4S/c1-15-10-16(4-5-25-15)18-12-26-21(27-13-18)23(32)28-6-8-29(9-7-28)35(33,34)30-14-17-11-19(24)2-3-20(17)22(30)31/h2-5,10-13H,6-9,14H2,1H3. The molecule has 0 bridgehead atoms. The predicted octanol–water partition coefficient (Wildman–Crippen LogP) is 2.16. The first kappa shape index (κ1) is 23.3. The zero-order chi connectivity index (χ0) is 24.7. The first-order valence-corrected chi connectivity index (χ1v) is 12.7. The second-order valence-electron chi connectivity index (χ2n) is 8.29. The van der Waals surface area contributed by atoms with Crippen molar-refractivity contribution in [2.24, 2.45) is 0 Å². The lowest BCUT2D eigenvalue weighted by Gasteiger charge is -2.35. The molecule has 3 aromatic rings. The number of halogens is 1. The van der Waals surface area contributed by atoms with E-state index in [0.29, 0.717) is 16.1 Å². The van der Waals surface area contributed by atoms with Gasteiger partial charge in [0.15, 0.2) is 0 Å². The Kier molecular flexibility index (Phi) is 5.99. The van der Waals surface area contributed by atoms with Gasteiger partial charge in [0.2, 0.25) is 5.82 Å². The van der Waals surface area contributed by atoms with Gasteiger partial charge in [-0.25, -0.2) is 14.3 Å². The number of piperazine rings is 1. The van der Waals surface area contributed by atoms with Gasteiger partial charge in [-0.05, 0) is 48.4 Å². The molecule has 0 unspecified atom stereocenters. The van der Waals surface area contributed by atoms with Gasteiger partial charge in [-0.1, -0.05) is 11.6 Å². The van der Waals surface area contributed by atoms with Crippen molar-refractivity contribution in [2.45, 2.75) is 13.5 Å². The van der Waals surface area contributed by atoms with Crippen molar-refractivity contribution < 1.29 is 18.0 Å². The van der Waals surface area contributed by atoms with Gasteiger partial charge < -0.3 is 4.90 Å². The maximum Gasteiger partial charge on any atom is 0.306 e. The fraction of sp³-hybridized carbons (Fsp3) is 0.261. The number of hydrogen-bond donors (Lipinski definition) is 0. The van der Waals surface area contributed by atoms with Crippen LogP contribution in [0.2, 0.25) is 5.02 Å². The summed E-state index contributed by atoms with van der Waals surface area (Å²) < 4.78 is 28.4. The van der Waals surface area contributed by atoms with Crippen LogP contribution in [0, 0.1) is 6.92 Å². The number of carbonyl (C=O) groups is 2. The molecule has 5 rings (SSSR count). The SMILES string of the molecule is Cc1cc(-c2cnc(C(=O)N3CCN(S(=O)(=O)N4Cc5cc(Cl)ccc5C4=O)CC3)nc2)ccn1. The summed E-state index contributed by atoms with van der Waals surface area (Å²) in [4.78, 5) is 39.7. The molecule has 0 N–H and O–H groups in total. The first-order chi connectivity index (χ1) is 16.7.